The van der Waals surface area contributed by atoms with Gasteiger partial charge in [0.1, 0.15) is 11.9 Å². The van der Waals surface area contributed by atoms with Gasteiger partial charge < -0.3 is 19.1 Å². The molecule has 0 aliphatic carbocycles. The van der Waals surface area contributed by atoms with Crippen LogP contribution in [0.3, 0.4) is 0 Å². The zero-order chi connectivity index (χ0) is 17.5. The van der Waals surface area contributed by atoms with E-state index in [-0.39, 0.29) is 6.04 Å². The van der Waals surface area contributed by atoms with Crippen LogP contribution in [0.25, 0.3) is 11.0 Å². The molecule has 3 aromatic heterocycles. The highest BCUT2D eigenvalue weighted by Crippen LogP contribution is 2.33. The maximum Gasteiger partial charge on any atom is 0.249 e. The Bertz CT molecular complexity index is 1090. The van der Waals surface area contributed by atoms with Crippen molar-refractivity contribution in [2.24, 2.45) is 0 Å². The van der Waals surface area contributed by atoms with E-state index in [9.17, 15) is 0 Å². The fourth-order valence-corrected chi connectivity index (χ4v) is 3.22. The second kappa shape index (κ2) is 5.83. The third kappa shape index (κ3) is 2.46. The van der Waals surface area contributed by atoms with Gasteiger partial charge in [0.05, 0.1) is 31.0 Å². The lowest BCUT2D eigenvalue weighted by Gasteiger charge is -2.04. The first kappa shape index (κ1) is 14.9. The summed E-state index contributed by atoms with van der Waals surface area (Å²) >= 11 is 0. The SMILES string of the molecule is COc1ccc2c(n1)NC(c1nc(Cn3cnc4ccccc43)no1)C2. The first-order valence-corrected chi connectivity index (χ1v) is 8.33. The lowest BCUT2D eigenvalue weighted by Crippen LogP contribution is -2.07. The first-order chi connectivity index (χ1) is 12.8. The minimum atomic E-state index is -0.0783. The van der Waals surface area contributed by atoms with E-state index in [2.05, 4.69) is 25.4 Å². The molecule has 0 bridgehead atoms. The number of nitrogens with one attached hydrogen (secondary N) is 1. The second-order valence-electron chi connectivity index (χ2n) is 6.17. The van der Waals surface area contributed by atoms with Gasteiger partial charge in [0.15, 0.2) is 5.82 Å². The number of ether oxygens (including phenoxy) is 1. The van der Waals surface area contributed by atoms with Crippen molar-refractivity contribution < 1.29 is 9.26 Å². The molecule has 8 heteroatoms. The molecule has 4 aromatic rings. The van der Waals surface area contributed by atoms with Crippen LogP contribution in [0.4, 0.5) is 5.82 Å². The number of imidazole rings is 1. The maximum atomic E-state index is 5.48. The van der Waals surface area contributed by atoms with Gasteiger partial charge in [0.2, 0.25) is 11.8 Å². The molecule has 130 valence electrons. The molecule has 4 heterocycles. The quantitative estimate of drug-likeness (QED) is 0.606. The summed E-state index contributed by atoms with van der Waals surface area (Å²) in [5, 5.41) is 7.44. The third-order valence-corrected chi connectivity index (χ3v) is 4.52. The number of anilines is 1. The van der Waals surface area contributed by atoms with Gasteiger partial charge in [0, 0.05) is 12.5 Å². The Morgan fingerprint density at radius 3 is 3.08 bits per heavy atom. The predicted molar refractivity (Wildman–Crippen MR) is 94.0 cm³/mol. The maximum absolute atomic E-state index is 5.48. The third-order valence-electron chi connectivity index (χ3n) is 4.52. The highest BCUT2D eigenvalue weighted by molar-refractivity contribution is 5.74. The van der Waals surface area contributed by atoms with Crippen molar-refractivity contribution in [1.82, 2.24) is 24.7 Å². The molecule has 0 saturated heterocycles. The number of methoxy groups -OCH3 is 1. The Balaban J connectivity index is 1.36. The molecule has 5 rings (SSSR count). The van der Waals surface area contributed by atoms with Gasteiger partial charge in [-0.2, -0.15) is 9.97 Å². The Kier molecular flexibility index (Phi) is 3.34. The molecule has 0 amide bonds. The van der Waals surface area contributed by atoms with Crippen LogP contribution in [0.5, 0.6) is 5.88 Å². The van der Waals surface area contributed by atoms with Crippen molar-refractivity contribution in [3.05, 3.63) is 60.0 Å². The van der Waals surface area contributed by atoms with Crippen LogP contribution in [0.1, 0.15) is 23.3 Å². The summed E-state index contributed by atoms with van der Waals surface area (Å²) in [4.78, 5) is 13.4. The van der Waals surface area contributed by atoms with Crippen LogP contribution in [0.2, 0.25) is 0 Å². The molecule has 1 N–H and O–H groups in total. The molecule has 0 spiro atoms. The van der Waals surface area contributed by atoms with Gasteiger partial charge in [-0.25, -0.2) is 4.98 Å². The number of nitrogens with zero attached hydrogens (tertiary/aromatic N) is 5. The van der Waals surface area contributed by atoms with E-state index in [0.29, 0.717) is 24.1 Å². The Morgan fingerprint density at radius 1 is 1.23 bits per heavy atom. The van der Waals surface area contributed by atoms with E-state index < -0.39 is 0 Å². The standard InChI is InChI=1S/C18H16N6O2/c1-25-16-7-6-11-8-13(20-17(11)22-16)18-21-15(23-26-18)9-24-10-19-12-4-2-3-5-14(12)24/h2-7,10,13H,8-9H2,1H3,(H,20,22). The van der Waals surface area contributed by atoms with Crippen LogP contribution < -0.4 is 10.1 Å². The van der Waals surface area contributed by atoms with Crippen LogP contribution in [0.15, 0.2) is 47.2 Å². The summed E-state index contributed by atoms with van der Waals surface area (Å²) in [7, 11) is 1.60. The van der Waals surface area contributed by atoms with Gasteiger partial charge in [-0.05, 0) is 23.8 Å². The van der Waals surface area contributed by atoms with Crippen molar-refractivity contribution in [2.45, 2.75) is 19.0 Å². The highest BCUT2D eigenvalue weighted by atomic mass is 16.5. The van der Waals surface area contributed by atoms with Crippen molar-refractivity contribution in [3.8, 4) is 5.88 Å². The Morgan fingerprint density at radius 2 is 2.15 bits per heavy atom. The molecule has 0 saturated carbocycles. The zero-order valence-electron chi connectivity index (χ0n) is 14.1. The number of pyridine rings is 1. The van der Waals surface area contributed by atoms with E-state index in [0.717, 1.165) is 28.8 Å². The Hall–Kier alpha value is -3.42. The van der Waals surface area contributed by atoms with Gasteiger partial charge in [-0.15, -0.1) is 0 Å². The smallest absolute Gasteiger partial charge is 0.249 e. The second-order valence-corrected chi connectivity index (χ2v) is 6.17. The molecule has 1 atom stereocenters. The van der Waals surface area contributed by atoms with Crippen LogP contribution in [0, 0.1) is 0 Å². The molecular weight excluding hydrogens is 332 g/mol. The number of hydrogen-bond donors (Lipinski definition) is 1. The average molecular weight is 348 g/mol. The molecule has 1 aromatic carbocycles. The molecule has 0 fully saturated rings. The molecule has 26 heavy (non-hydrogen) atoms. The highest BCUT2D eigenvalue weighted by Gasteiger charge is 2.28. The number of aromatic nitrogens is 5. The topological polar surface area (TPSA) is 90.9 Å². The predicted octanol–water partition coefficient (Wildman–Crippen LogP) is 2.58. The van der Waals surface area contributed by atoms with Gasteiger partial charge in [-0.1, -0.05) is 17.3 Å². The van der Waals surface area contributed by atoms with Crippen molar-refractivity contribution in [3.63, 3.8) is 0 Å². The minimum Gasteiger partial charge on any atom is -0.481 e. The van der Waals surface area contributed by atoms with E-state index in [1.807, 2.05) is 41.0 Å². The molecule has 8 nitrogen and oxygen atoms in total. The van der Waals surface area contributed by atoms with Crippen LogP contribution in [-0.4, -0.2) is 31.8 Å². The first-order valence-electron chi connectivity index (χ1n) is 8.33. The number of para-hydroxylation sites is 2. The number of fused-ring (bicyclic) bond motifs is 2. The summed E-state index contributed by atoms with van der Waals surface area (Å²) in [6, 6.07) is 11.7. The fraction of sp³-hybridized carbons (Fsp3) is 0.222. The zero-order valence-corrected chi connectivity index (χ0v) is 14.1. The van der Waals surface area contributed by atoms with Crippen molar-refractivity contribution >= 4 is 16.9 Å². The average Bonchev–Trinajstić information content (AvgIpc) is 3.39. The molecule has 0 radical (unpaired) electrons. The summed E-state index contributed by atoms with van der Waals surface area (Å²) in [6.45, 7) is 0.510. The van der Waals surface area contributed by atoms with Gasteiger partial charge in [-0.3, -0.25) is 0 Å². The van der Waals surface area contributed by atoms with E-state index >= 15 is 0 Å². The largest absolute Gasteiger partial charge is 0.481 e. The van der Waals surface area contributed by atoms with Gasteiger partial charge >= 0.3 is 0 Å². The fourth-order valence-electron chi connectivity index (χ4n) is 3.22. The van der Waals surface area contributed by atoms with Crippen LogP contribution in [-0.2, 0) is 13.0 Å². The molecule has 1 aliphatic heterocycles. The summed E-state index contributed by atoms with van der Waals surface area (Å²) in [5.74, 6) is 2.55. The summed E-state index contributed by atoms with van der Waals surface area (Å²) in [5.41, 5.74) is 3.10. The summed E-state index contributed by atoms with van der Waals surface area (Å²) in [6.07, 6.45) is 2.54. The summed E-state index contributed by atoms with van der Waals surface area (Å²) < 4.78 is 12.7. The van der Waals surface area contributed by atoms with E-state index in [4.69, 9.17) is 9.26 Å². The van der Waals surface area contributed by atoms with E-state index in [1.54, 1.807) is 13.4 Å². The Labute approximate surface area is 148 Å². The lowest BCUT2D eigenvalue weighted by atomic mass is 10.1. The number of rotatable bonds is 4. The van der Waals surface area contributed by atoms with Crippen molar-refractivity contribution in [1.29, 1.82) is 0 Å². The molecule has 1 aliphatic rings. The molecular formula is C18H16N6O2. The van der Waals surface area contributed by atoms with Gasteiger partial charge in [0.25, 0.3) is 0 Å². The molecule has 1 unspecified atom stereocenters. The monoisotopic (exact) mass is 348 g/mol. The number of benzene rings is 1. The lowest BCUT2D eigenvalue weighted by molar-refractivity contribution is 0.358. The van der Waals surface area contributed by atoms with Crippen LogP contribution >= 0.6 is 0 Å². The minimum absolute atomic E-state index is 0.0783. The normalized spacial score (nSPS) is 15.8. The number of hydrogen-bond acceptors (Lipinski definition) is 7. The van der Waals surface area contributed by atoms with E-state index in [1.165, 1.54) is 0 Å². The van der Waals surface area contributed by atoms with Crippen molar-refractivity contribution in [2.75, 3.05) is 12.4 Å².